The highest BCUT2D eigenvalue weighted by molar-refractivity contribution is 7.99. The van der Waals surface area contributed by atoms with Crippen LogP contribution in [0.5, 0.6) is 0 Å². The molecule has 2 N–H and O–H groups in total. The van der Waals surface area contributed by atoms with Gasteiger partial charge in [0.2, 0.25) is 0 Å². The van der Waals surface area contributed by atoms with Crippen LogP contribution in [0.2, 0.25) is 0 Å². The molecule has 2 heterocycles. The number of aromatic nitrogens is 3. The Balaban J connectivity index is 1.72. The van der Waals surface area contributed by atoms with E-state index in [9.17, 15) is 0 Å². The molecule has 0 aliphatic carbocycles. The Morgan fingerprint density at radius 3 is 3.10 bits per heavy atom. The minimum absolute atomic E-state index is 0.128. The van der Waals surface area contributed by atoms with Crippen LogP contribution in [-0.2, 0) is 17.7 Å². The highest BCUT2D eigenvalue weighted by Gasteiger charge is 2.21. The van der Waals surface area contributed by atoms with Crippen LogP contribution in [-0.4, -0.2) is 33.7 Å². The summed E-state index contributed by atoms with van der Waals surface area (Å²) in [5.41, 5.74) is 8.35. The number of thioether (sulfide) groups is 1. The Morgan fingerprint density at radius 2 is 2.24 bits per heavy atom. The summed E-state index contributed by atoms with van der Waals surface area (Å²) >= 11 is 1.69. The van der Waals surface area contributed by atoms with Gasteiger partial charge in [0.25, 0.3) is 0 Å². The van der Waals surface area contributed by atoms with Crippen LogP contribution in [0.1, 0.15) is 23.1 Å². The number of fused-ring (bicyclic) bond motifs is 1. The number of nitrogens with two attached hydrogens (primary N) is 1. The van der Waals surface area contributed by atoms with E-state index in [0.717, 1.165) is 36.3 Å². The Hall–Kier alpha value is -1.37. The normalized spacial score (nSPS) is 17.7. The van der Waals surface area contributed by atoms with Crippen LogP contribution in [0.15, 0.2) is 29.4 Å². The average molecular weight is 304 g/mol. The Bertz CT molecular complexity index is 613. The molecule has 1 aromatic heterocycles. The molecule has 21 heavy (non-hydrogen) atoms. The van der Waals surface area contributed by atoms with Crippen molar-refractivity contribution in [3.8, 4) is 0 Å². The second-order valence-corrected chi connectivity index (χ2v) is 6.08. The van der Waals surface area contributed by atoms with Crippen molar-refractivity contribution >= 4 is 11.8 Å². The van der Waals surface area contributed by atoms with E-state index in [1.54, 1.807) is 11.8 Å². The van der Waals surface area contributed by atoms with Gasteiger partial charge in [-0.05, 0) is 24.5 Å². The lowest BCUT2D eigenvalue weighted by molar-refractivity contribution is 0.0587. The van der Waals surface area contributed by atoms with Gasteiger partial charge in [0.05, 0.1) is 12.7 Å². The van der Waals surface area contributed by atoms with E-state index in [0.29, 0.717) is 6.54 Å². The van der Waals surface area contributed by atoms with E-state index >= 15 is 0 Å². The first kappa shape index (κ1) is 14.6. The van der Waals surface area contributed by atoms with Crippen LogP contribution >= 0.6 is 11.8 Å². The topological polar surface area (TPSA) is 66.0 Å². The first-order chi connectivity index (χ1) is 10.3. The molecule has 0 radical (unpaired) electrons. The molecule has 1 aliphatic heterocycles. The molecule has 2 aromatic rings. The van der Waals surface area contributed by atoms with Gasteiger partial charge in [0, 0.05) is 18.8 Å². The molecule has 1 unspecified atom stereocenters. The Labute approximate surface area is 128 Å². The molecule has 1 atom stereocenters. The molecular formula is C15H20N4OS. The van der Waals surface area contributed by atoms with Crippen molar-refractivity contribution in [3.05, 3.63) is 41.2 Å². The fraction of sp³-hybridized carbons (Fsp3) is 0.467. The number of nitrogens with zero attached hydrogens (tertiary/aromatic N) is 3. The summed E-state index contributed by atoms with van der Waals surface area (Å²) in [4.78, 5) is 0. The molecule has 3 rings (SSSR count). The number of benzene rings is 1. The standard InChI is InChI=1S/C15H20N4OS/c1-11-17-18-15(19(11)8-7-16)21-10-14-13-5-3-2-4-12(13)6-9-20-14/h2-5,14H,6-10,16H2,1H3. The lowest BCUT2D eigenvalue weighted by Crippen LogP contribution is -2.18. The van der Waals surface area contributed by atoms with Gasteiger partial charge in [-0.15, -0.1) is 10.2 Å². The summed E-state index contributed by atoms with van der Waals surface area (Å²) in [5, 5.41) is 9.30. The average Bonchev–Trinajstić information content (AvgIpc) is 2.86. The third-order valence-corrected chi connectivity index (χ3v) is 4.74. The van der Waals surface area contributed by atoms with Crippen LogP contribution in [0.4, 0.5) is 0 Å². The second-order valence-electron chi connectivity index (χ2n) is 5.09. The quantitative estimate of drug-likeness (QED) is 0.855. The Kier molecular flexibility index (Phi) is 4.57. The van der Waals surface area contributed by atoms with E-state index in [1.165, 1.54) is 11.1 Å². The third-order valence-electron chi connectivity index (χ3n) is 3.71. The summed E-state index contributed by atoms with van der Waals surface area (Å²) in [6.07, 6.45) is 1.13. The summed E-state index contributed by atoms with van der Waals surface area (Å²) in [6.45, 7) is 4.09. The van der Waals surface area contributed by atoms with E-state index < -0.39 is 0 Å². The van der Waals surface area contributed by atoms with Crippen molar-refractivity contribution in [1.82, 2.24) is 14.8 Å². The Morgan fingerprint density at radius 1 is 1.38 bits per heavy atom. The van der Waals surface area contributed by atoms with Crippen molar-refractivity contribution in [3.63, 3.8) is 0 Å². The van der Waals surface area contributed by atoms with Crippen molar-refractivity contribution in [2.24, 2.45) is 5.73 Å². The van der Waals surface area contributed by atoms with Gasteiger partial charge >= 0.3 is 0 Å². The summed E-state index contributed by atoms with van der Waals surface area (Å²) < 4.78 is 8.00. The SMILES string of the molecule is Cc1nnc(SCC2OCCc3ccccc32)n1CCN. The second kappa shape index (κ2) is 6.60. The molecule has 6 heteroatoms. The van der Waals surface area contributed by atoms with Gasteiger partial charge < -0.3 is 15.0 Å². The fourth-order valence-corrected chi connectivity index (χ4v) is 3.67. The molecular weight excluding hydrogens is 284 g/mol. The lowest BCUT2D eigenvalue weighted by Gasteiger charge is -2.25. The molecule has 0 amide bonds. The number of hydrogen-bond acceptors (Lipinski definition) is 5. The molecule has 0 spiro atoms. The number of rotatable bonds is 5. The smallest absolute Gasteiger partial charge is 0.191 e. The molecule has 1 aliphatic rings. The van der Waals surface area contributed by atoms with Gasteiger partial charge in [-0.25, -0.2) is 0 Å². The maximum atomic E-state index is 5.93. The zero-order valence-corrected chi connectivity index (χ0v) is 13.0. The van der Waals surface area contributed by atoms with Gasteiger partial charge in [-0.1, -0.05) is 36.0 Å². The highest BCUT2D eigenvalue weighted by atomic mass is 32.2. The van der Waals surface area contributed by atoms with Gasteiger partial charge in [0.1, 0.15) is 5.82 Å². The monoisotopic (exact) mass is 304 g/mol. The summed E-state index contributed by atoms with van der Waals surface area (Å²) in [5.74, 6) is 1.76. The van der Waals surface area contributed by atoms with Crippen molar-refractivity contribution < 1.29 is 4.74 Å². The van der Waals surface area contributed by atoms with Gasteiger partial charge in [-0.2, -0.15) is 0 Å². The largest absolute Gasteiger partial charge is 0.372 e. The molecule has 0 saturated heterocycles. The zero-order valence-electron chi connectivity index (χ0n) is 12.2. The molecule has 1 aromatic carbocycles. The van der Waals surface area contributed by atoms with Crippen molar-refractivity contribution in [2.75, 3.05) is 18.9 Å². The molecule has 112 valence electrons. The van der Waals surface area contributed by atoms with Crippen LogP contribution < -0.4 is 5.73 Å². The maximum absolute atomic E-state index is 5.93. The maximum Gasteiger partial charge on any atom is 0.191 e. The van der Waals surface area contributed by atoms with E-state index in [2.05, 4.69) is 39.0 Å². The van der Waals surface area contributed by atoms with E-state index in [1.807, 2.05) is 6.92 Å². The molecule has 0 bridgehead atoms. The minimum atomic E-state index is 0.128. The van der Waals surface area contributed by atoms with Gasteiger partial charge in [-0.3, -0.25) is 0 Å². The first-order valence-electron chi connectivity index (χ1n) is 7.21. The predicted molar refractivity (Wildman–Crippen MR) is 83.4 cm³/mol. The van der Waals surface area contributed by atoms with E-state index in [-0.39, 0.29) is 6.10 Å². The minimum Gasteiger partial charge on any atom is -0.372 e. The lowest BCUT2D eigenvalue weighted by atomic mass is 9.99. The van der Waals surface area contributed by atoms with Crippen LogP contribution in [0.25, 0.3) is 0 Å². The zero-order chi connectivity index (χ0) is 14.7. The van der Waals surface area contributed by atoms with Crippen LogP contribution in [0.3, 0.4) is 0 Å². The summed E-state index contributed by atoms with van der Waals surface area (Å²) in [7, 11) is 0. The predicted octanol–water partition coefficient (Wildman–Crippen LogP) is 1.95. The van der Waals surface area contributed by atoms with Crippen molar-refractivity contribution in [1.29, 1.82) is 0 Å². The number of ether oxygens (including phenoxy) is 1. The first-order valence-corrected chi connectivity index (χ1v) is 8.20. The third kappa shape index (κ3) is 3.12. The molecule has 0 fully saturated rings. The highest BCUT2D eigenvalue weighted by Crippen LogP contribution is 2.31. The molecule has 5 nitrogen and oxygen atoms in total. The van der Waals surface area contributed by atoms with Crippen LogP contribution in [0, 0.1) is 6.92 Å². The van der Waals surface area contributed by atoms with Crippen molar-refractivity contribution in [2.45, 2.75) is 31.1 Å². The van der Waals surface area contributed by atoms with Gasteiger partial charge in [0.15, 0.2) is 5.16 Å². The molecule has 0 saturated carbocycles. The summed E-state index contributed by atoms with van der Waals surface area (Å²) in [6, 6.07) is 8.52. The number of aryl methyl sites for hydroxylation is 1. The van der Waals surface area contributed by atoms with E-state index in [4.69, 9.17) is 10.5 Å². The fourth-order valence-electron chi connectivity index (χ4n) is 2.62. The number of hydrogen-bond donors (Lipinski definition) is 1.